The fourth-order valence-electron chi connectivity index (χ4n) is 1.77. The molecule has 1 aromatic rings. The Morgan fingerprint density at radius 3 is 2.78 bits per heavy atom. The van der Waals surface area contributed by atoms with Gasteiger partial charge in [-0.3, -0.25) is 4.79 Å². The van der Waals surface area contributed by atoms with Crippen LogP contribution in [0.25, 0.3) is 0 Å². The largest absolute Gasteiger partial charge is 0.480 e. The topological polar surface area (TPSA) is 87.8 Å². The first-order valence-corrected chi connectivity index (χ1v) is 6.31. The van der Waals surface area contributed by atoms with E-state index >= 15 is 0 Å². The molecule has 0 aliphatic carbocycles. The number of carboxylic acids is 1. The lowest BCUT2D eigenvalue weighted by Gasteiger charge is -2.24. The lowest BCUT2D eigenvalue weighted by Crippen LogP contribution is -2.44. The normalized spacial score (nSPS) is 23.1. The summed E-state index contributed by atoms with van der Waals surface area (Å²) in [5.41, 5.74) is -0.375. The Balaban J connectivity index is 2.29. The van der Waals surface area contributed by atoms with E-state index in [2.05, 4.69) is 4.42 Å². The van der Waals surface area contributed by atoms with Gasteiger partial charge in [-0.1, -0.05) is 0 Å². The fourth-order valence-corrected chi connectivity index (χ4v) is 2.94. The van der Waals surface area contributed by atoms with E-state index in [1.54, 1.807) is 6.92 Å². The van der Waals surface area contributed by atoms with Crippen molar-refractivity contribution in [2.75, 3.05) is 5.75 Å². The van der Waals surface area contributed by atoms with E-state index in [-0.39, 0.29) is 10.9 Å². The Hall–Kier alpha value is -1.76. The van der Waals surface area contributed by atoms with Crippen molar-refractivity contribution >= 4 is 23.6 Å². The standard InChI is InChI=1S/C11H11NO5S/c1-6-12(8(5-18-6)11(15)16)10(14)7-2-3-9(13)17-4-7/h2-4,6,8H,5H2,1H3,(H,15,16). The predicted molar refractivity (Wildman–Crippen MR) is 64.5 cm³/mol. The zero-order valence-electron chi connectivity index (χ0n) is 9.53. The molecule has 1 aliphatic rings. The minimum absolute atomic E-state index is 0.176. The number of hydrogen-bond donors (Lipinski definition) is 1. The van der Waals surface area contributed by atoms with E-state index in [0.29, 0.717) is 5.75 Å². The van der Waals surface area contributed by atoms with Crippen LogP contribution < -0.4 is 5.63 Å². The molecule has 96 valence electrons. The highest BCUT2D eigenvalue weighted by molar-refractivity contribution is 8.00. The number of aliphatic carboxylic acids is 1. The summed E-state index contributed by atoms with van der Waals surface area (Å²) in [6.07, 6.45) is 1.05. The molecule has 1 N–H and O–H groups in total. The average Bonchev–Trinajstić information content (AvgIpc) is 2.71. The maximum atomic E-state index is 12.2. The van der Waals surface area contributed by atoms with Gasteiger partial charge in [-0.05, 0) is 13.0 Å². The monoisotopic (exact) mass is 269 g/mol. The van der Waals surface area contributed by atoms with Crippen LogP contribution in [0.5, 0.6) is 0 Å². The van der Waals surface area contributed by atoms with Crippen molar-refractivity contribution in [1.82, 2.24) is 4.90 Å². The van der Waals surface area contributed by atoms with Crippen LogP contribution in [0.3, 0.4) is 0 Å². The van der Waals surface area contributed by atoms with E-state index in [1.165, 1.54) is 22.7 Å². The lowest BCUT2D eigenvalue weighted by atomic mass is 10.2. The van der Waals surface area contributed by atoms with Crippen LogP contribution in [0.4, 0.5) is 0 Å². The van der Waals surface area contributed by atoms with Crippen molar-refractivity contribution < 1.29 is 19.1 Å². The van der Waals surface area contributed by atoms with Gasteiger partial charge < -0.3 is 14.4 Å². The minimum atomic E-state index is -1.03. The van der Waals surface area contributed by atoms with Crippen molar-refractivity contribution in [1.29, 1.82) is 0 Å². The fraction of sp³-hybridized carbons (Fsp3) is 0.364. The molecule has 2 atom stereocenters. The molecule has 1 aromatic heterocycles. The number of nitrogens with zero attached hydrogens (tertiary/aromatic N) is 1. The van der Waals surface area contributed by atoms with Gasteiger partial charge in [-0.25, -0.2) is 9.59 Å². The second-order valence-corrected chi connectivity index (χ2v) is 5.19. The summed E-state index contributed by atoms with van der Waals surface area (Å²) < 4.78 is 4.61. The van der Waals surface area contributed by atoms with Gasteiger partial charge in [0.1, 0.15) is 12.3 Å². The van der Waals surface area contributed by atoms with Crippen LogP contribution in [0.1, 0.15) is 17.3 Å². The smallest absolute Gasteiger partial charge is 0.335 e. The Morgan fingerprint density at radius 1 is 1.50 bits per heavy atom. The molecular formula is C11H11NO5S. The maximum Gasteiger partial charge on any atom is 0.335 e. The third kappa shape index (κ3) is 2.26. The summed E-state index contributed by atoms with van der Waals surface area (Å²) in [5.74, 6) is -1.11. The van der Waals surface area contributed by atoms with Gasteiger partial charge in [-0.2, -0.15) is 0 Å². The van der Waals surface area contributed by atoms with E-state index < -0.39 is 23.5 Å². The van der Waals surface area contributed by atoms with Crippen LogP contribution in [-0.4, -0.2) is 39.1 Å². The maximum absolute atomic E-state index is 12.2. The van der Waals surface area contributed by atoms with E-state index in [1.807, 2.05) is 0 Å². The van der Waals surface area contributed by atoms with Gasteiger partial charge in [0, 0.05) is 11.8 Å². The summed E-state index contributed by atoms with van der Waals surface area (Å²) in [4.78, 5) is 35.3. The molecule has 2 rings (SSSR count). The molecule has 0 aromatic carbocycles. The first kappa shape index (κ1) is 12.7. The van der Waals surface area contributed by atoms with Crippen molar-refractivity contribution in [3.05, 3.63) is 34.4 Å². The van der Waals surface area contributed by atoms with Crippen LogP contribution in [-0.2, 0) is 4.79 Å². The molecule has 18 heavy (non-hydrogen) atoms. The third-order valence-corrected chi connectivity index (χ3v) is 3.91. The van der Waals surface area contributed by atoms with Gasteiger partial charge in [0.25, 0.3) is 5.91 Å². The second kappa shape index (κ2) is 4.85. The Morgan fingerprint density at radius 2 is 2.22 bits per heavy atom. The number of hydrogen-bond acceptors (Lipinski definition) is 5. The number of rotatable bonds is 2. The molecule has 0 saturated carbocycles. The molecule has 1 fully saturated rings. The van der Waals surface area contributed by atoms with Crippen LogP contribution in [0.2, 0.25) is 0 Å². The zero-order chi connectivity index (χ0) is 13.3. The minimum Gasteiger partial charge on any atom is -0.480 e. The van der Waals surface area contributed by atoms with Crippen molar-refractivity contribution in [3.63, 3.8) is 0 Å². The van der Waals surface area contributed by atoms with Crippen molar-refractivity contribution in [2.24, 2.45) is 0 Å². The molecule has 6 nitrogen and oxygen atoms in total. The van der Waals surface area contributed by atoms with Gasteiger partial charge >= 0.3 is 11.6 Å². The average molecular weight is 269 g/mol. The zero-order valence-corrected chi connectivity index (χ0v) is 10.3. The van der Waals surface area contributed by atoms with E-state index in [4.69, 9.17) is 5.11 Å². The molecule has 0 radical (unpaired) electrons. The molecule has 7 heteroatoms. The molecular weight excluding hydrogens is 258 g/mol. The van der Waals surface area contributed by atoms with Gasteiger partial charge in [-0.15, -0.1) is 11.8 Å². The van der Waals surface area contributed by atoms with Crippen LogP contribution in [0.15, 0.2) is 27.6 Å². The van der Waals surface area contributed by atoms with Gasteiger partial charge in [0.2, 0.25) is 0 Å². The highest BCUT2D eigenvalue weighted by atomic mass is 32.2. The molecule has 1 aliphatic heterocycles. The Kier molecular flexibility index (Phi) is 3.42. The highest BCUT2D eigenvalue weighted by Gasteiger charge is 2.39. The first-order chi connectivity index (χ1) is 8.50. The lowest BCUT2D eigenvalue weighted by molar-refractivity contribution is -0.141. The molecule has 0 bridgehead atoms. The molecule has 2 unspecified atom stereocenters. The van der Waals surface area contributed by atoms with E-state index in [9.17, 15) is 14.4 Å². The summed E-state index contributed by atoms with van der Waals surface area (Å²) in [7, 11) is 0. The second-order valence-electron chi connectivity index (χ2n) is 3.84. The van der Waals surface area contributed by atoms with Crippen molar-refractivity contribution in [2.45, 2.75) is 18.3 Å². The molecule has 2 heterocycles. The SMILES string of the molecule is CC1SCC(C(=O)O)N1C(=O)c1ccc(=O)oc1. The summed E-state index contributed by atoms with van der Waals surface area (Å²) in [6.45, 7) is 1.77. The number of carboxylic acid groups (broad SMARTS) is 1. The molecule has 1 saturated heterocycles. The number of carbonyl (C=O) groups is 2. The number of carbonyl (C=O) groups excluding carboxylic acids is 1. The van der Waals surface area contributed by atoms with E-state index in [0.717, 1.165) is 12.3 Å². The van der Waals surface area contributed by atoms with Crippen molar-refractivity contribution in [3.8, 4) is 0 Å². The quantitative estimate of drug-likeness (QED) is 0.847. The number of amides is 1. The molecule has 1 amide bonds. The Bertz CT molecular complexity index is 520. The highest BCUT2D eigenvalue weighted by Crippen LogP contribution is 2.30. The van der Waals surface area contributed by atoms with Gasteiger partial charge in [0.05, 0.1) is 10.9 Å². The summed E-state index contributed by atoms with van der Waals surface area (Å²) in [5, 5.41) is 8.84. The number of thioether (sulfide) groups is 1. The first-order valence-electron chi connectivity index (χ1n) is 5.26. The summed E-state index contributed by atoms with van der Waals surface area (Å²) >= 11 is 1.40. The predicted octanol–water partition coefficient (Wildman–Crippen LogP) is 0.628. The molecule has 0 spiro atoms. The van der Waals surface area contributed by atoms with Crippen LogP contribution in [0, 0.1) is 0 Å². The van der Waals surface area contributed by atoms with Crippen LogP contribution >= 0.6 is 11.8 Å². The van der Waals surface area contributed by atoms with Gasteiger partial charge in [0.15, 0.2) is 0 Å². The third-order valence-electron chi connectivity index (χ3n) is 2.69. The summed E-state index contributed by atoms with van der Waals surface area (Å²) in [6, 6.07) is 1.63. The Labute approximate surface area is 107 Å².